The second kappa shape index (κ2) is 7.43. The van der Waals surface area contributed by atoms with Gasteiger partial charge in [-0.1, -0.05) is 19.8 Å². The molecule has 0 N–H and O–H groups in total. The summed E-state index contributed by atoms with van der Waals surface area (Å²) in [7, 11) is 3.16. The van der Waals surface area contributed by atoms with E-state index in [1.165, 1.54) is 18.2 Å². The van der Waals surface area contributed by atoms with E-state index in [2.05, 4.69) is 22.9 Å². The fourth-order valence-electron chi connectivity index (χ4n) is 1.73. The van der Waals surface area contributed by atoms with Crippen LogP contribution in [0.2, 0.25) is 0 Å². The van der Waals surface area contributed by atoms with Crippen molar-refractivity contribution in [3.8, 4) is 0 Å². The van der Waals surface area contributed by atoms with E-state index in [1.54, 1.807) is 11.9 Å². The number of halogens is 2. The van der Waals surface area contributed by atoms with Gasteiger partial charge in [0.15, 0.2) is 0 Å². The van der Waals surface area contributed by atoms with Gasteiger partial charge in [-0.3, -0.25) is 4.79 Å². The molecule has 1 aromatic carbocycles. The first-order valence-electron chi connectivity index (χ1n) is 6.27. The molecular formula is C13H17BrClNO3S. The van der Waals surface area contributed by atoms with Crippen LogP contribution in [0.25, 0.3) is 0 Å². The molecule has 0 unspecified atom stereocenters. The van der Waals surface area contributed by atoms with E-state index in [0.29, 0.717) is 16.6 Å². The topological polar surface area (TPSA) is 54.5 Å². The molecule has 112 valence electrons. The molecule has 0 bridgehead atoms. The fraction of sp³-hybridized carbons (Fsp3) is 0.462. The number of benzene rings is 1. The normalized spacial score (nSPS) is 11.4. The minimum Gasteiger partial charge on any atom is -0.342 e. The Bertz CT molecular complexity index is 589. The van der Waals surface area contributed by atoms with E-state index in [-0.39, 0.29) is 10.8 Å². The van der Waals surface area contributed by atoms with Gasteiger partial charge in [0.1, 0.15) is 0 Å². The Hall–Kier alpha value is -0.590. The van der Waals surface area contributed by atoms with Crippen LogP contribution in [0.1, 0.15) is 36.5 Å². The van der Waals surface area contributed by atoms with Crippen molar-refractivity contribution in [3.63, 3.8) is 0 Å². The molecule has 0 aliphatic carbocycles. The SMILES string of the molecule is CCCCCN(C)C(=O)c1cc(S(=O)(=O)Cl)ccc1Br. The molecule has 1 rings (SSSR count). The zero-order valence-electron chi connectivity index (χ0n) is 11.4. The van der Waals surface area contributed by atoms with E-state index < -0.39 is 9.05 Å². The highest BCUT2D eigenvalue weighted by Gasteiger charge is 2.18. The maximum absolute atomic E-state index is 12.3. The predicted octanol–water partition coefficient (Wildman–Crippen LogP) is 3.64. The Labute approximate surface area is 132 Å². The molecule has 7 heteroatoms. The highest BCUT2D eigenvalue weighted by molar-refractivity contribution is 9.10. The molecule has 0 atom stereocenters. The smallest absolute Gasteiger partial charge is 0.261 e. The van der Waals surface area contributed by atoms with Gasteiger partial charge < -0.3 is 4.90 Å². The van der Waals surface area contributed by atoms with E-state index in [4.69, 9.17) is 10.7 Å². The van der Waals surface area contributed by atoms with Crippen LogP contribution in [0, 0.1) is 0 Å². The number of nitrogens with zero attached hydrogens (tertiary/aromatic N) is 1. The van der Waals surface area contributed by atoms with E-state index in [9.17, 15) is 13.2 Å². The lowest BCUT2D eigenvalue weighted by molar-refractivity contribution is 0.0791. The molecule has 1 aromatic rings. The second-order valence-corrected chi connectivity index (χ2v) is 7.93. The average Bonchev–Trinajstić information content (AvgIpc) is 2.37. The zero-order chi connectivity index (χ0) is 15.3. The number of hydrogen-bond donors (Lipinski definition) is 0. The zero-order valence-corrected chi connectivity index (χ0v) is 14.6. The molecule has 0 fully saturated rings. The summed E-state index contributed by atoms with van der Waals surface area (Å²) in [4.78, 5) is 13.8. The van der Waals surface area contributed by atoms with Gasteiger partial charge in [-0.15, -0.1) is 0 Å². The van der Waals surface area contributed by atoms with Crippen molar-refractivity contribution >= 4 is 41.6 Å². The molecule has 0 aliphatic heterocycles. The summed E-state index contributed by atoms with van der Waals surface area (Å²) < 4.78 is 23.2. The van der Waals surface area contributed by atoms with Crippen molar-refractivity contribution in [2.24, 2.45) is 0 Å². The Kier molecular flexibility index (Phi) is 6.48. The van der Waals surface area contributed by atoms with Crippen molar-refractivity contribution in [2.45, 2.75) is 31.1 Å². The summed E-state index contributed by atoms with van der Waals surface area (Å²) in [6, 6.07) is 4.17. The van der Waals surface area contributed by atoms with Gasteiger partial charge in [-0.2, -0.15) is 0 Å². The summed E-state index contributed by atoms with van der Waals surface area (Å²) in [5.74, 6) is -0.227. The number of hydrogen-bond acceptors (Lipinski definition) is 3. The summed E-state index contributed by atoms with van der Waals surface area (Å²) in [6.45, 7) is 2.73. The van der Waals surface area contributed by atoms with Crippen LogP contribution in [0.4, 0.5) is 0 Å². The third-order valence-electron chi connectivity index (χ3n) is 2.89. The lowest BCUT2D eigenvalue weighted by Crippen LogP contribution is -2.28. The number of carbonyl (C=O) groups excluding carboxylic acids is 1. The number of carbonyl (C=O) groups is 1. The molecule has 20 heavy (non-hydrogen) atoms. The fourth-order valence-corrected chi connectivity index (χ4v) is 2.92. The Morgan fingerprint density at radius 3 is 2.55 bits per heavy atom. The van der Waals surface area contributed by atoms with Crippen molar-refractivity contribution in [2.75, 3.05) is 13.6 Å². The lowest BCUT2D eigenvalue weighted by atomic mass is 10.2. The van der Waals surface area contributed by atoms with Crippen molar-refractivity contribution in [1.82, 2.24) is 4.90 Å². The Balaban J connectivity index is 2.97. The van der Waals surface area contributed by atoms with Gasteiger partial charge in [0.05, 0.1) is 10.5 Å². The maximum Gasteiger partial charge on any atom is 0.261 e. The molecule has 4 nitrogen and oxygen atoms in total. The molecule has 0 saturated carbocycles. The third kappa shape index (κ3) is 4.75. The molecule has 0 aliphatic rings. The average molecular weight is 383 g/mol. The molecule has 0 saturated heterocycles. The van der Waals surface area contributed by atoms with E-state index >= 15 is 0 Å². The van der Waals surface area contributed by atoms with Crippen LogP contribution in [0.3, 0.4) is 0 Å². The van der Waals surface area contributed by atoms with Crippen molar-refractivity contribution in [3.05, 3.63) is 28.2 Å². The standard InChI is InChI=1S/C13H17BrClNO3S/c1-3-4-5-8-16(2)13(17)11-9-10(20(15,18)19)6-7-12(11)14/h6-7,9H,3-5,8H2,1-2H3. The van der Waals surface area contributed by atoms with Crippen molar-refractivity contribution < 1.29 is 13.2 Å². The number of rotatable bonds is 6. The third-order valence-corrected chi connectivity index (χ3v) is 4.94. The van der Waals surface area contributed by atoms with Gasteiger partial charge in [-0.25, -0.2) is 8.42 Å². The molecule has 0 spiro atoms. The number of unbranched alkanes of at least 4 members (excludes halogenated alkanes) is 2. The van der Waals surface area contributed by atoms with Gasteiger partial charge >= 0.3 is 0 Å². The Morgan fingerprint density at radius 1 is 1.35 bits per heavy atom. The minimum atomic E-state index is -3.84. The largest absolute Gasteiger partial charge is 0.342 e. The van der Waals surface area contributed by atoms with Crippen LogP contribution in [-0.4, -0.2) is 32.8 Å². The highest BCUT2D eigenvalue weighted by Crippen LogP contribution is 2.24. The quantitative estimate of drug-likeness (QED) is 0.557. The van der Waals surface area contributed by atoms with Crippen LogP contribution in [0.15, 0.2) is 27.6 Å². The highest BCUT2D eigenvalue weighted by atomic mass is 79.9. The lowest BCUT2D eigenvalue weighted by Gasteiger charge is -2.18. The van der Waals surface area contributed by atoms with Crippen LogP contribution >= 0.6 is 26.6 Å². The first kappa shape index (κ1) is 17.5. The first-order chi connectivity index (χ1) is 9.27. The predicted molar refractivity (Wildman–Crippen MR) is 83.7 cm³/mol. The van der Waals surface area contributed by atoms with Gasteiger partial charge in [0.2, 0.25) is 0 Å². The van der Waals surface area contributed by atoms with E-state index in [0.717, 1.165) is 19.3 Å². The first-order valence-corrected chi connectivity index (χ1v) is 9.37. The molecule has 0 aromatic heterocycles. The molecule has 0 heterocycles. The second-order valence-electron chi connectivity index (χ2n) is 4.51. The molecule has 1 amide bonds. The van der Waals surface area contributed by atoms with Crippen LogP contribution in [0.5, 0.6) is 0 Å². The Morgan fingerprint density at radius 2 is 2.00 bits per heavy atom. The monoisotopic (exact) mass is 381 g/mol. The summed E-state index contributed by atoms with van der Waals surface area (Å²) in [5, 5.41) is 0. The number of amides is 1. The summed E-state index contributed by atoms with van der Waals surface area (Å²) in [5.41, 5.74) is 0.297. The molecule has 0 radical (unpaired) electrons. The van der Waals surface area contributed by atoms with Gasteiger partial charge in [-0.05, 0) is 40.5 Å². The molecular weight excluding hydrogens is 366 g/mol. The minimum absolute atomic E-state index is 0.0762. The van der Waals surface area contributed by atoms with Gasteiger partial charge in [0.25, 0.3) is 15.0 Å². The van der Waals surface area contributed by atoms with Gasteiger partial charge in [0, 0.05) is 28.7 Å². The maximum atomic E-state index is 12.3. The van der Waals surface area contributed by atoms with Crippen LogP contribution in [-0.2, 0) is 9.05 Å². The summed E-state index contributed by atoms with van der Waals surface area (Å²) >= 11 is 3.26. The van der Waals surface area contributed by atoms with Crippen LogP contribution < -0.4 is 0 Å². The van der Waals surface area contributed by atoms with E-state index in [1.807, 2.05) is 0 Å². The summed E-state index contributed by atoms with van der Waals surface area (Å²) in [6.07, 6.45) is 3.05. The van der Waals surface area contributed by atoms with Crippen molar-refractivity contribution in [1.29, 1.82) is 0 Å².